The Hall–Kier alpha value is -2.17. The molecule has 0 heterocycles. The molecule has 25 heavy (non-hydrogen) atoms. The van der Waals surface area contributed by atoms with Gasteiger partial charge in [-0.15, -0.1) is 13.2 Å². The molecule has 0 aliphatic heterocycles. The van der Waals surface area contributed by atoms with Crippen molar-refractivity contribution in [3.8, 4) is 17.2 Å². The van der Waals surface area contributed by atoms with Crippen LogP contribution in [0.3, 0.4) is 0 Å². The first-order chi connectivity index (χ1) is 11.8. The molecule has 140 valence electrons. The SMILES string of the molecule is CC.CCCC.Cc1ccc(Oc2ccc(OC(F)(F)F)cc2)cc1. The predicted octanol–water partition coefficient (Wildman–Crippen LogP) is 7.52. The fourth-order valence-corrected chi connectivity index (χ4v) is 1.45. The average molecular weight is 356 g/mol. The largest absolute Gasteiger partial charge is 0.573 e. The lowest BCUT2D eigenvalue weighted by atomic mass is 10.2. The van der Waals surface area contributed by atoms with Gasteiger partial charge in [0, 0.05) is 0 Å². The zero-order valence-electron chi connectivity index (χ0n) is 15.5. The number of aryl methyl sites for hydroxylation is 1. The summed E-state index contributed by atoms with van der Waals surface area (Å²) in [7, 11) is 0. The second-order valence-electron chi connectivity index (χ2n) is 4.93. The zero-order valence-corrected chi connectivity index (χ0v) is 15.5. The van der Waals surface area contributed by atoms with Crippen molar-refractivity contribution in [2.75, 3.05) is 0 Å². The standard InChI is InChI=1S/C14H11F3O2.C4H10.C2H6/c1-10-2-4-11(5-3-10)18-12-6-8-13(9-7-12)19-14(15,16)17;1-3-4-2;1-2/h2-9H,1H3;3-4H2,1-2H3;1-2H3. The van der Waals surface area contributed by atoms with Crippen molar-refractivity contribution in [1.29, 1.82) is 0 Å². The molecule has 0 saturated heterocycles. The van der Waals surface area contributed by atoms with Crippen molar-refractivity contribution in [3.63, 3.8) is 0 Å². The fourth-order valence-electron chi connectivity index (χ4n) is 1.45. The Kier molecular flexibility index (Phi) is 11.2. The highest BCUT2D eigenvalue weighted by molar-refractivity contribution is 5.36. The number of ether oxygens (including phenoxy) is 2. The van der Waals surface area contributed by atoms with Crippen LogP contribution in [0.15, 0.2) is 48.5 Å². The van der Waals surface area contributed by atoms with Gasteiger partial charge in [-0.25, -0.2) is 0 Å². The van der Waals surface area contributed by atoms with Crippen LogP contribution < -0.4 is 9.47 Å². The topological polar surface area (TPSA) is 18.5 Å². The van der Waals surface area contributed by atoms with Crippen molar-refractivity contribution in [2.24, 2.45) is 0 Å². The van der Waals surface area contributed by atoms with E-state index in [4.69, 9.17) is 4.74 Å². The molecule has 0 N–H and O–H groups in total. The molecule has 0 saturated carbocycles. The van der Waals surface area contributed by atoms with Gasteiger partial charge in [-0.05, 0) is 43.3 Å². The lowest BCUT2D eigenvalue weighted by Gasteiger charge is -2.10. The second-order valence-corrected chi connectivity index (χ2v) is 4.93. The van der Waals surface area contributed by atoms with E-state index in [2.05, 4.69) is 18.6 Å². The number of hydrogen-bond acceptors (Lipinski definition) is 2. The van der Waals surface area contributed by atoms with E-state index in [1.54, 1.807) is 12.1 Å². The number of alkyl halides is 3. The van der Waals surface area contributed by atoms with Crippen molar-refractivity contribution in [2.45, 2.75) is 53.8 Å². The predicted molar refractivity (Wildman–Crippen MR) is 96.3 cm³/mol. The Bertz CT molecular complexity index is 559. The van der Waals surface area contributed by atoms with Crippen LogP contribution in [0.2, 0.25) is 0 Å². The van der Waals surface area contributed by atoms with Crippen LogP contribution in [0.1, 0.15) is 46.1 Å². The van der Waals surface area contributed by atoms with E-state index in [1.165, 1.54) is 37.1 Å². The maximum absolute atomic E-state index is 12.0. The van der Waals surface area contributed by atoms with E-state index in [9.17, 15) is 13.2 Å². The van der Waals surface area contributed by atoms with Crippen molar-refractivity contribution < 1.29 is 22.6 Å². The van der Waals surface area contributed by atoms with Gasteiger partial charge in [0.05, 0.1) is 0 Å². The lowest BCUT2D eigenvalue weighted by Crippen LogP contribution is -2.16. The molecule has 0 atom stereocenters. The Morgan fingerprint density at radius 3 is 1.44 bits per heavy atom. The van der Waals surface area contributed by atoms with Gasteiger partial charge in [-0.2, -0.15) is 0 Å². The summed E-state index contributed by atoms with van der Waals surface area (Å²) in [4.78, 5) is 0. The number of halogens is 3. The minimum atomic E-state index is -4.68. The van der Waals surface area contributed by atoms with E-state index in [1.807, 2.05) is 32.9 Å². The monoisotopic (exact) mass is 356 g/mol. The molecular formula is C20H27F3O2. The first kappa shape index (κ1) is 22.8. The van der Waals surface area contributed by atoms with Crippen LogP contribution in [-0.4, -0.2) is 6.36 Å². The van der Waals surface area contributed by atoms with Gasteiger partial charge in [0.25, 0.3) is 0 Å². The Morgan fingerprint density at radius 1 is 0.720 bits per heavy atom. The Morgan fingerprint density at radius 2 is 1.08 bits per heavy atom. The van der Waals surface area contributed by atoms with Gasteiger partial charge in [0.1, 0.15) is 17.2 Å². The average Bonchev–Trinajstić information content (AvgIpc) is 2.59. The Labute approximate surface area is 148 Å². The van der Waals surface area contributed by atoms with Crippen LogP contribution in [0.25, 0.3) is 0 Å². The normalized spacial score (nSPS) is 9.92. The zero-order chi connectivity index (χ0) is 19.3. The molecule has 5 heteroatoms. The summed E-state index contributed by atoms with van der Waals surface area (Å²) in [6.45, 7) is 10.3. The molecule has 2 aromatic rings. The van der Waals surface area contributed by atoms with Gasteiger partial charge in [0.15, 0.2) is 0 Å². The van der Waals surface area contributed by atoms with Crippen molar-refractivity contribution >= 4 is 0 Å². The van der Waals surface area contributed by atoms with Crippen LogP contribution in [0.4, 0.5) is 13.2 Å². The summed E-state index contributed by atoms with van der Waals surface area (Å²) >= 11 is 0. The third-order valence-corrected chi connectivity index (χ3v) is 2.81. The summed E-state index contributed by atoms with van der Waals surface area (Å²) in [6, 6.07) is 12.6. The van der Waals surface area contributed by atoms with E-state index in [0.717, 1.165) is 5.56 Å². The molecule has 0 fully saturated rings. The summed E-state index contributed by atoms with van der Waals surface area (Å²) < 4.78 is 45.2. The van der Waals surface area contributed by atoms with E-state index < -0.39 is 6.36 Å². The molecular weight excluding hydrogens is 329 g/mol. The molecule has 0 amide bonds. The maximum Gasteiger partial charge on any atom is 0.573 e. The quantitative estimate of drug-likeness (QED) is 0.564. The third kappa shape index (κ3) is 11.1. The molecule has 2 rings (SSSR count). The van der Waals surface area contributed by atoms with Crippen LogP contribution in [-0.2, 0) is 0 Å². The first-order valence-corrected chi connectivity index (χ1v) is 8.44. The number of rotatable bonds is 4. The Balaban J connectivity index is 0.000000845. The maximum atomic E-state index is 12.0. The van der Waals surface area contributed by atoms with E-state index in [0.29, 0.717) is 11.5 Å². The minimum Gasteiger partial charge on any atom is -0.457 e. The van der Waals surface area contributed by atoms with Gasteiger partial charge in [0.2, 0.25) is 0 Å². The molecule has 0 radical (unpaired) electrons. The molecule has 2 nitrogen and oxygen atoms in total. The summed E-state index contributed by atoms with van der Waals surface area (Å²) in [5, 5.41) is 0. The van der Waals surface area contributed by atoms with Crippen molar-refractivity contribution in [3.05, 3.63) is 54.1 Å². The highest BCUT2D eigenvalue weighted by Gasteiger charge is 2.30. The molecule has 0 aliphatic carbocycles. The molecule has 2 aromatic carbocycles. The highest BCUT2D eigenvalue weighted by Crippen LogP contribution is 2.27. The summed E-state index contributed by atoms with van der Waals surface area (Å²) in [5.41, 5.74) is 1.10. The number of hydrogen-bond donors (Lipinski definition) is 0. The molecule has 0 unspecified atom stereocenters. The molecule has 0 aliphatic rings. The fraction of sp³-hybridized carbons (Fsp3) is 0.400. The van der Waals surface area contributed by atoms with Gasteiger partial charge in [-0.1, -0.05) is 58.2 Å². The van der Waals surface area contributed by atoms with Crippen molar-refractivity contribution in [1.82, 2.24) is 0 Å². The number of benzene rings is 2. The van der Waals surface area contributed by atoms with Gasteiger partial charge >= 0.3 is 6.36 Å². The third-order valence-electron chi connectivity index (χ3n) is 2.81. The first-order valence-electron chi connectivity index (χ1n) is 8.44. The van der Waals surface area contributed by atoms with Gasteiger partial charge < -0.3 is 9.47 Å². The lowest BCUT2D eigenvalue weighted by molar-refractivity contribution is -0.274. The van der Waals surface area contributed by atoms with E-state index in [-0.39, 0.29) is 5.75 Å². The summed E-state index contributed by atoms with van der Waals surface area (Å²) in [6.07, 6.45) is -2.04. The second kappa shape index (κ2) is 12.2. The number of unbranched alkanes of at least 4 members (excludes halogenated alkanes) is 1. The smallest absolute Gasteiger partial charge is 0.457 e. The molecule has 0 spiro atoms. The van der Waals surface area contributed by atoms with Gasteiger partial charge in [-0.3, -0.25) is 0 Å². The summed E-state index contributed by atoms with van der Waals surface area (Å²) in [5.74, 6) is 0.789. The molecule has 0 bridgehead atoms. The van der Waals surface area contributed by atoms with Crippen LogP contribution in [0.5, 0.6) is 17.2 Å². The van der Waals surface area contributed by atoms with Crippen LogP contribution in [0, 0.1) is 6.92 Å². The molecule has 0 aromatic heterocycles. The van der Waals surface area contributed by atoms with E-state index >= 15 is 0 Å². The van der Waals surface area contributed by atoms with Crippen LogP contribution >= 0.6 is 0 Å². The highest BCUT2D eigenvalue weighted by atomic mass is 19.4. The minimum absolute atomic E-state index is 0.274.